The number of hydrogen-bond acceptors (Lipinski definition) is 9. The number of amides is 2. The zero-order chi connectivity index (χ0) is 33.3. The van der Waals surface area contributed by atoms with Crippen molar-refractivity contribution in [2.45, 2.75) is 96.0 Å². The molecule has 0 radical (unpaired) electrons. The summed E-state index contributed by atoms with van der Waals surface area (Å²) in [6.45, 7) is 9.36. The van der Waals surface area contributed by atoms with Crippen LogP contribution < -0.4 is 15.0 Å². The number of aliphatic hydroxyl groups is 1. The van der Waals surface area contributed by atoms with Crippen LogP contribution >= 0.6 is 11.6 Å². The lowest BCUT2D eigenvalue weighted by molar-refractivity contribution is -0.154. The summed E-state index contributed by atoms with van der Waals surface area (Å²) in [6, 6.07) is 3.64. The molecule has 248 valence electrons. The van der Waals surface area contributed by atoms with Crippen molar-refractivity contribution >= 4 is 35.3 Å². The lowest BCUT2D eigenvalue weighted by Crippen LogP contribution is -2.63. The number of epoxide rings is 1. The van der Waals surface area contributed by atoms with Crippen LogP contribution in [-0.2, 0) is 35.0 Å². The van der Waals surface area contributed by atoms with Crippen molar-refractivity contribution in [2.24, 2.45) is 11.8 Å². The minimum absolute atomic E-state index is 0.00495. The van der Waals surface area contributed by atoms with Gasteiger partial charge >= 0.3 is 12.1 Å². The number of halogens is 1. The van der Waals surface area contributed by atoms with Crippen molar-refractivity contribution in [1.29, 1.82) is 0 Å². The SMILES string of the molecule is COc1cc2cc(c1Cl)N(C)C(=O)CC(OC(=O)CC(C)C)C1(C)OC1C(C)C1CC(O)(NC(=O)O1)C(OC)/C=C/C=C(C)C2. The summed E-state index contributed by atoms with van der Waals surface area (Å²) in [5, 5.41) is 14.4. The molecule has 3 aliphatic rings. The van der Waals surface area contributed by atoms with E-state index in [2.05, 4.69) is 5.32 Å². The molecule has 3 heterocycles. The first-order chi connectivity index (χ1) is 21.1. The summed E-state index contributed by atoms with van der Waals surface area (Å²) in [5.74, 6) is -0.779. The van der Waals surface area contributed by atoms with Gasteiger partial charge < -0.3 is 33.7 Å². The number of carbonyl (C=O) groups excluding carboxylic acids is 3. The monoisotopic (exact) mass is 648 g/mol. The number of esters is 1. The van der Waals surface area contributed by atoms with Gasteiger partial charge in [-0.25, -0.2) is 4.79 Å². The van der Waals surface area contributed by atoms with Crippen LogP contribution in [0.2, 0.25) is 5.02 Å². The number of nitrogens with one attached hydrogen (secondary N) is 1. The predicted molar refractivity (Wildman–Crippen MR) is 168 cm³/mol. The number of rotatable bonds is 5. The van der Waals surface area contributed by atoms with Crippen molar-refractivity contribution in [3.8, 4) is 5.75 Å². The number of alkyl carbamates (subject to hydrolysis) is 1. The van der Waals surface area contributed by atoms with Crippen molar-refractivity contribution in [2.75, 3.05) is 26.2 Å². The molecule has 0 aliphatic carbocycles. The van der Waals surface area contributed by atoms with Crippen molar-refractivity contribution in [3.63, 3.8) is 0 Å². The smallest absolute Gasteiger partial charge is 0.409 e. The van der Waals surface area contributed by atoms with Gasteiger partial charge in [-0.05, 0) is 43.9 Å². The number of benzene rings is 1. The fraction of sp³-hybridized carbons (Fsp3) is 0.606. The van der Waals surface area contributed by atoms with Crippen LogP contribution in [0.3, 0.4) is 0 Å². The normalized spacial score (nSPS) is 33.0. The molecule has 0 aromatic heterocycles. The average Bonchev–Trinajstić information content (AvgIpc) is 3.65. The second kappa shape index (κ2) is 13.7. The second-order valence-corrected chi connectivity index (χ2v) is 13.3. The summed E-state index contributed by atoms with van der Waals surface area (Å²) in [7, 11) is 4.57. The molecule has 0 saturated carbocycles. The fourth-order valence-electron chi connectivity index (χ4n) is 6.15. The van der Waals surface area contributed by atoms with E-state index in [1.165, 1.54) is 19.1 Å². The van der Waals surface area contributed by atoms with E-state index in [1.807, 2.05) is 45.9 Å². The first kappa shape index (κ1) is 34.7. The molecule has 1 aromatic rings. The zero-order valence-electron chi connectivity index (χ0n) is 27.2. The third kappa shape index (κ3) is 7.65. The highest BCUT2D eigenvalue weighted by molar-refractivity contribution is 6.35. The third-order valence-corrected chi connectivity index (χ3v) is 9.18. The first-order valence-electron chi connectivity index (χ1n) is 15.2. The highest BCUT2D eigenvalue weighted by Gasteiger charge is 2.64. The number of anilines is 1. The molecule has 2 amide bonds. The van der Waals surface area contributed by atoms with Gasteiger partial charge in [-0.3, -0.25) is 14.9 Å². The van der Waals surface area contributed by atoms with Gasteiger partial charge in [0.1, 0.15) is 34.7 Å². The number of allylic oxidation sites excluding steroid dienone is 3. The van der Waals surface area contributed by atoms with Gasteiger partial charge in [0.05, 0.1) is 25.3 Å². The molecule has 7 unspecified atom stereocenters. The Morgan fingerprint density at radius 1 is 1.27 bits per heavy atom. The van der Waals surface area contributed by atoms with E-state index >= 15 is 0 Å². The van der Waals surface area contributed by atoms with Gasteiger partial charge in [0.2, 0.25) is 5.91 Å². The van der Waals surface area contributed by atoms with E-state index in [0.29, 0.717) is 17.9 Å². The largest absolute Gasteiger partial charge is 0.495 e. The van der Waals surface area contributed by atoms with E-state index in [4.69, 9.17) is 35.3 Å². The third-order valence-electron chi connectivity index (χ3n) is 8.80. The molecular weight excluding hydrogens is 604 g/mol. The summed E-state index contributed by atoms with van der Waals surface area (Å²) in [4.78, 5) is 40.9. The van der Waals surface area contributed by atoms with E-state index in [1.54, 1.807) is 26.1 Å². The van der Waals surface area contributed by atoms with Crippen molar-refractivity contribution in [1.82, 2.24) is 5.32 Å². The highest BCUT2D eigenvalue weighted by Crippen LogP contribution is 2.49. The highest BCUT2D eigenvalue weighted by atomic mass is 35.5. The topological polar surface area (TPSA) is 136 Å². The Morgan fingerprint density at radius 2 is 1.98 bits per heavy atom. The summed E-state index contributed by atoms with van der Waals surface area (Å²) in [6.07, 6.45) is 1.84. The summed E-state index contributed by atoms with van der Waals surface area (Å²) >= 11 is 6.70. The number of fused-ring (bicyclic) bond motifs is 5. The molecule has 45 heavy (non-hydrogen) atoms. The van der Waals surface area contributed by atoms with Crippen LogP contribution in [0.25, 0.3) is 0 Å². The van der Waals surface area contributed by atoms with Crippen molar-refractivity contribution < 1.29 is 43.2 Å². The zero-order valence-corrected chi connectivity index (χ0v) is 28.0. The van der Waals surface area contributed by atoms with E-state index < -0.39 is 53.7 Å². The standard InChI is InChI=1S/C33H45ClN2O9/c1-18(2)12-28(38)44-26-16-27(37)36(6)22-14-21(15-23(41-7)29(22)34)13-19(3)10-9-11-25(42-8)33(40)17-24(43-31(39)35-33)20(4)30-32(26,5)45-30/h9-11,14-15,18,20,24-26,30,40H,12-13,16-17H2,1-8H3,(H,35,39)/b11-9+,19-10?. The second-order valence-electron chi connectivity index (χ2n) is 12.9. The van der Waals surface area contributed by atoms with Crippen LogP contribution in [0.15, 0.2) is 35.9 Å². The van der Waals surface area contributed by atoms with E-state index in [9.17, 15) is 19.5 Å². The molecule has 2 fully saturated rings. The van der Waals surface area contributed by atoms with Crippen LogP contribution in [0.4, 0.5) is 10.5 Å². The van der Waals surface area contributed by atoms with Gasteiger partial charge in [-0.2, -0.15) is 0 Å². The molecule has 7 atom stereocenters. The molecule has 2 saturated heterocycles. The summed E-state index contributed by atoms with van der Waals surface area (Å²) in [5.41, 5.74) is -0.578. The van der Waals surface area contributed by atoms with Crippen molar-refractivity contribution in [3.05, 3.63) is 46.5 Å². The van der Waals surface area contributed by atoms with Crippen LogP contribution in [0, 0.1) is 11.8 Å². The molecule has 3 aliphatic heterocycles. The Hall–Kier alpha value is -3.12. The lowest BCUT2D eigenvalue weighted by Gasteiger charge is -2.42. The molecular formula is C33H45ClN2O9. The van der Waals surface area contributed by atoms with Gasteiger partial charge in [0.15, 0.2) is 5.72 Å². The number of hydrogen-bond donors (Lipinski definition) is 2. The Kier molecular flexibility index (Phi) is 10.6. The van der Waals surface area contributed by atoms with Crippen LogP contribution in [0.5, 0.6) is 5.75 Å². The minimum atomic E-state index is -1.77. The number of carbonyl (C=O) groups is 3. The first-order valence-corrected chi connectivity index (χ1v) is 15.6. The van der Waals surface area contributed by atoms with Gasteiger partial charge in [-0.1, -0.05) is 56.2 Å². The van der Waals surface area contributed by atoms with Gasteiger partial charge in [0, 0.05) is 32.9 Å². The number of nitrogens with zero attached hydrogens (tertiary/aromatic N) is 1. The minimum Gasteiger partial charge on any atom is -0.495 e. The molecule has 11 nitrogen and oxygen atoms in total. The van der Waals surface area contributed by atoms with E-state index in [0.717, 1.165) is 11.1 Å². The van der Waals surface area contributed by atoms with Crippen LogP contribution in [-0.4, -0.2) is 80.1 Å². The maximum atomic E-state index is 13.8. The average molecular weight is 649 g/mol. The van der Waals surface area contributed by atoms with Gasteiger partial charge in [-0.15, -0.1) is 0 Å². The maximum Gasteiger partial charge on any atom is 0.409 e. The molecule has 0 spiro atoms. The Morgan fingerprint density at radius 3 is 2.62 bits per heavy atom. The number of methoxy groups -OCH3 is 2. The molecule has 1 aromatic carbocycles. The quantitative estimate of drug-likeness (QED) is 0.344. The molecule has 12 heteroatoms. The Labute approximate surface area is 269 Å². The predicted octanol–water partition coefficient (Wildman–Crippen LogP) is 4.71. The number of ether oxygens (including phenoxy) is 5. The molecule has 4 bridgehead atoms. The van der Waals surface area contributed by atoms with E-state index in [-0.39, 0.29) is 36.1 Å². The fourth-order valence-corrected chi connectivity index (χ4v) is 6.46. The maximum absolute atomic E-state index is 13.8. The molecule has 4 rings (SSSR count). The van der Waals surface area contributed by atoms with Crippen LogP contribution in [0.1, 0.15) is 59.4 Å². The Balaban J connectivity index is 1.79. The lowest BCUT2D eigenvalue weighted by atomic mass is 9.83. The van der Waals surface area contributed by atoms with Gasteiger partial charge in [0.25, 0.3) is 0 Å². The Bertz CT molecular complexity index is 1360. The molecule has 2 N–H and O–H groups in total. The summed E-state index contributed by atoms with van der Waals surface area (Å²) < 4.78 is 28.9.